The number of aromatic amines is 2. The Balaban J connectivity index is 1.55. The Labute approximate surface area is 180 Å². The summed E-state index contributed by atoms with van der Waals surface area (Å²) >= 11 is 0. The van der Waals surface area contributed by atoms with Crippen molar-refractivity contribution in [1.29, 1.82) is 0 Å². The van der Waals surface area contributed by atoms with Crippen LogP contribution >= 0.6 is 0 Å². The number of H-pyrrole nitrogens is 2. The maximum absolute atomic E-state index is 12.6. The second kappa shape index (κ2) is 8.00. The molecule has 0 atom stereocenters. The summed E-state index contributed by atoms with van der Waals surface area (Å²) in [5, 5.41) is 15.5. The summed E-state index contributed by atoms with van der Waals surface area (Å²) in [6, 6.07) is 12.4. The van der Waals surface area contributed by atoms with Crippen LogP contribution in [0.5, 0.6) is 0 Å². The van der Waals surface area contributed by atoms with Crippen molar-refractivity contribution >= 4 is 22.3 Å². The minimum atomic E-state index is -0.161. The molecule has 0 radical (unpaired) electrons. The van der Waals surface area contributed by atoms with Crippen LogP contribution in [-0.4, -0.2) is 33.3 Å². The molecule has 31 heavy (non-hydrogen) atoms. The molecule has 0 saturated carbocycles. The lowest BCUT2D eigenvalue weighted by Crippen LogP contribution is -2.26. The van der Waals surface area contributed by atoms with Gasteiger partial charge in [-0.25, -0.2) is 4.98 Å². The van der Waals surface area contributed by atoms with Crippen LogP contribution in [0, 0.1) is 13.8 Å². The third-order valence-corrected chi connectivity index (χ3v) is 6.12. The summed E-state index contributed by atoms with van der Waals surface area (Å²) in [4.78, 5) is 20.2. The first-order chi connectivity index (χ1) is 15.1. The van der Waals surface area contributed by atoms with E-state index in [4.69, 9.17) is 4.98 Å². The molecule has 3 aromatic heterocycles. The van der Waals surface area contributed by atoms with Crippen LogP contribution in [0.25, 0.3) is 22.0 Å². The van der Waals surface area contributed by atoms with E-state index in [2.05, 4.69) is 50.1 Å². The molecule has 1 aliphatic rings. The number of hydrogen-bond acceptors (Lipinski definition) is 5. The number of nitrogens with zero attached hydrogens (tertiary/aromatic N) is 2. The van der Waals surface area contributed by atoms with Gasteiger partial charge in [0.25, 0.3) is 5.56 Å². The quantitative estimate of drug-likeness (QED) is 0.402. The molecule has 0 amide bonds. The highest BCUT2D eigenvalue weighted by molar-refractivity contribution is 5.95. The van der Waals surface area contributed by atoms with Crippen molar-refractivity contribution in [2.45, 2.75) is 32.6 Å². The van der Waals surface area contributed by atoms with E-state index in [0.717, 1.165) is 46.8 Å². The molecule has 7 nitrogen and oxygen atoms in total. The van der Waals surface area contributed by atoms with Gasteiger partial charge in [0.05, 0.1) is 16.8 Å². The van der Waals surface area contributed by atoms with E-state index in [9.17, 15) is 4.79 Å². The first kappa shape index (κ1) is 19.5. The number of benzene rings is 1. The molecular weight excluding hydrogens is 388 g/mol. The fraction of sp³-hybridized carbons (Fsp3) is 0.292. The summed E-state index contributed by atoms with van der Waals surface area (Å²) < 4.78 is 0. The average Bonchev–Trinajstić information content (AvgIpc) is 3.12. The predicted octanol–water partition coefficient (Wildman–Crippen LogP) is 4.14. The molecule has 7 heteroatoms. The molecule has 1 aromatic carbocycles. The molecule has 1 aliphatic heterocycles. The van der Waals surface area contributed by atoms with Gasteiger partial charge >= 0.3 is 0 Å². The zero-order valence-corrected chi connectivity index (χ0v) is 17.7. The molecular formula is C24H26N6O. The highest BCUT2D eigenvalue weighted by Gasteiger charge is 2.17. The molecule has 1 saturated heterocycles. The third kappa shape index (κ3) is 3.72. The van der Waals surface area contributed by atoms with Gasteiger partial charge in [0.15, 0.2) is 0 Å². The zero-order valence-electron chi connectivity index (χ0n) is 17.7. The van der Waals surface area contributed by atoms with Gasteiger partial charge in [-0.05, 0) is 80.9 Å². The van der Waals surface area contributed by atoms with E-state index in [1.165, 1.54) is 18.4 Å². The van der Waals surface area contributed by atoms with Crippen LogP contribution in [-0.2, 0) is 0 Å². The number of aryl methyl sites for hydroxylation is 2. The van der Waals surface area contributed by atoms with Gasteiger partial charge in [-0.3, -0.25) is 9.89 Å². The number of fused-ring (bicyclic) bond motifs is 1. The van der Waals surface area contributed by atoms with Crippen LogP contribution in [0.2, 0.25) is 0 Å². The van der Waals surface area contributed by atoms with Crippen molar-refractivity contribution in [2.75, 3.05) is 18.4 Å². The molecule has 4 aromatic rings. The Bertz CT molecular complexity index is 1260. The topological polar surface area (TPSA) is 98.5 Å². The van der Waals surface area contributed by atoms with Crippen LogP contribution in [0.15, 0.2) is 47.4 Å². The number of aromatic nitrogens is 4. The maximum Gasteiger partial charge on any atom is 0.259 e. The average molecular weight is 415 g/mol. The van der Waals surface area contributed by atoms with Crippen LogP contribution < -0.4 is 16.2 Å². The predicted molar refractivity (Wildman–Crippen MR) is 124 cm³/mol. The normalized spacial score (nSPS) is 14.8. The van der Waals surface area contributed by atoms with Crippen molar-refractivity contribution in [2.24, 2.45) is 0 Å². The lowest BCUT2D eigenvalue weighted by atomic mass is 9.90. The Morgan fingerprint density at radius 2 is 1.84 bits per heavy atom. The number of anilines is 2. The van der Waals surface area contributed by atoms with Crippen molar-refractivity contribution in [3.05, 3.63) is 69.9 Å². The third-order valence-electron chi connectivity index (χ3n) is 6.12. The number of hydrogen-bond donors (Lipinski definition) is 4. The van der Waals surface area contributed by atoms with Crippen molar-refractivity contribution in [1.82, 2.24) is 25.5 Å². The maximum atomic E-state index is 12.6. The van der Waals surface area contributed by atoms with Crippen molar-refractivity contribution < 1.29 is 0 Å². The Morgan fingerprint density at radius 3 is 2.55 bits per heavy atom. The minimum Gasteiger partial charge on any atom is -0.340 e. The van der Waals surface area contributed by atoms with E-state index in [1.807, 2.05) is 26.0 Å². The van der Waals surface area contributed by atoms with Gasteiger partial charge in [-0.1, -0.05) is 12.1 Å². The molecule has 1 fully saturated rings. The lowest BCUT2D eigenvalue weighted by Gasteiger charge is -2.23. The fourth-order valence-corrected chi connectivity index (χ4v) is 4.49. The smallest absolute Gasteiger partial charge is 0.259 e. The Kier molecular flexibility index (Phi) is 5.03. The van der Waals surface area contributed by atoms with Crippen LogP contribution in [0.1, 0.15) is 35.7 Å². The molecule has 0 spiro atoms. The highest BCUT2D eigenvalue weighted by Crippen LogP contribution is 2.31. The lowest BCUT2D eigenvalue weighted by molar-refractivity contribution is 0.460. The van der Waals surface area contributed by atoms with E-state index in [-0.39, 0.29) is 5.56 Å². The van der Waals surface area contributed by atoms with E-state index in [0.29, 0.717) is 17.1 Å². The van der Waals surface area contributed by atoms with Gasteiger partial charge in [-0.2, -0.15) is 5.10 Å². The summed E-state index contributed by atoms with van der Waals surface area (Å²) in [6.45, 7) is 6.08. The fourth-order valence-electron chi connectivity index (χ4n) is 4.49. The summed E-state index contributed by atoms with van der Waals surface area (Å²) in [5.41, 5.74) is 5.69. The second-order valence-corrected chi connectivity index (χ2v) is 8.21. The SMILES string of the molecule is Cc1n[nH]c(C)c1-c1cc2cc[nH]c(=O)c2c(Nc2ccc(C3CCNCC3)cc2)n1. The summed E-state index contributed by atoms with van der Waals surface area (Å²) in [5.74, 6) is 1.15. The minimum absolute atomic E-state index is 0.161. The number of pyridine rings is 2. The zero-order chi connectivity index (χ0) is 21.4. The van der Waals surface area contributed by atoms with Crippen molar-refractivity contribution in [3.8, 4) is 11.3 Å². The van der Waals surface area contributed by atoms with E-state index < -0.39 is 0 Å². The van der Waals surface area contributed by atoms with E-state index in [1.54, 1.807) is 6.20 Å². The van der Waals surface area contributed by atoms with Gasteiger partial charge < -0.3 is 15.6 Å². The monoisotopic (exact) mass is 414 g/mol. The second-order valence-electron chi connectivity index (χ2n) is 8.21. The molecule has 0 bridgehead atoms. The molecule has 0 aliphatic carbocycles. The summed E-state index contributed by atoms with van der Waals surface area (Å²) in [6.07, 6.45) is 4.00. The van der Waals surface area contributed by atoms with Gasteiger partial charge in [0, 0.05) is 23.1 Å². The molecule has 4 heterocycles. The molecule has 158 valence electrons. The number of rotatable bonds is 4. The van der Waals surface area contributed by atoms with Gasteiger partial charge in [-0.15, -0.1) is 0 Å². The number of piperidine rings is 1. The summed E-state index contributed by atoms with van der Waals surface area (Å²) in [7, 11) is 0. The number of nitrogens with one attached hydrogen (secondary N) is 4. The Morgan fingerprint density at radius 1 is 1.06 bits per heavy atom. The largest absolute Gasteiger partial charge is 0.340 e. The van der Waals surface area contributed by atoms with Crippen LogP contribution in [0.3, 0.4) is 0 Å². The van der Waals surface area contributed by atoms with Crippen molar-refractivity contribution in [3.63, 3.8) is 0 Å². The van der Waals surface area contributed by atoms with E-state index >= 15 is 0 Å². The molecule has 4 N–H and O–H groups in total. The Hall–Kier alpha value is -3.45. The first-order valence-corrected chi connectivity index (χ1v) is 10.7. The highest BCUT2D eigenvalue weighted by atomic mass is 16.1. The van der Waals surface area contributed by atoms with Gasteiger partial charge in [0.1, 0.15) is 5.82 Å². The van der Waals surface area contributed by atoms with Gasteiger partial charge in [0.2, 0.25) is 0 Å². The molecule has 5 rings (SSSR count). The standard InChI is InChI=1S/C24H26N6O/c1-14-21(15(2)30-29-14)20-13-18-9-12-26-24(31)22(18)23(28-20)27-19-5-3-16(4-6-19)17-7-10-25-11-8-17/h3-6,9,12-13,17,25H,7-8,10-11H2,1-2H3,(H,26,31)(H,27,28)(H,29,30). The van der Waals surface area contributed by atoms with Crippen LogP contribution in [0.4, 0.5) is 11.5 Å². The molecule has 0 unspecified atom stereocenters. The first-order valence-electron chi connectivity index (χ1n) is 10.7.